The van der Waals surface area contributed by atoms with Crippen LogP contribution in [0.4, 0.5) is 5.69 Å². The van der Waals surface area contributed by atoms with E-state index in [4.69, 9.17) is 24.7 Å². The number of aliphatic hydroxyl groups excluding tert-OH is 7. The van der Waals surface area contributed by atoms with Gasteiger partial charge >= 0.3 is 0 Å². The zero-order valence-electron chi connectivity index (χ0n) is 15.8. The van der Waals surface area contributed by atoms with Crippen molar-refractivity contribution in [2.45, 2.75) is 61.4 Å². The van der Waals surface area contributed by atoms with Gasteiger partial charge in [-0.1, -0.05) is 0 Å². The Morgan fingerprint density at radius 2 is 1.30 bits per heavy atom. The molecule has 2 saturated heterocycles. The summed E-state index contributed by atoms with van der Waals surface area (Å²) in [4.78, 5) is 0. The number of benzene rings is 1. The van der Waals surface area contributed by atoms with Crippen LogP contribution in [-0.4, -0.2) is 110 Å². The second-order valence-corrected chi connectivity index (χ2v) is 7.19. The van der Waals surface area contributed by atoms with Crippen LogP contribution in [0.1, 0.15) is 0 Å². The zero-order chi connectivity index (χ0) is 22.0. The van der Waals surface area contributed by atoms with E-state index in [2.05, 4.69) is 0 Å². The lowest BCUT2D eigenvalue weighted by atomic mass is 9.97. The van der Waals surface area contributed by atoms with Crippen LogP contribution >= 0.6 is 0 Å². The average molecular weight is 433 g/mol. The van der Waals surface area contributed by atoms with E-state index < -0.39 is 74.6 Å². The number of ether oxygens (including phenoxy) is 4. The molecule has 170 valence electrons. The maximum atomic E-state index is 10.5. The molecule has 9 N–H and O–H groups in total. The number of anilines is 1. The Labute approximate surface area is 171 Å². The fourth-order valence-electron chi connectivity index (χ4n) is 3.33. The molecule has 0 spiro atoms. The van der Waals surface area contributed by atoms with Gasteiger partial charge in [0, 0.05) is 5.69 Å². The lowest BCUT2D eigenvalue weighted by Crippen LogP contribution is -2.65. The van der Waals surface area contributed by atoms with E-state index >= 15 is 0 Å². The van der Waals surface area contributed by atoms with Crippen LogP contribution in [0.2, 0.25) is 0 Å². The standard InChI is InChI=1S/C18H27NO11/c19-7-1-3-8(4-2-7)27-17-15(26)13(24)16(10(6-21)29-17)30-18-14(25)12(23)11(22)9(5-20)28-18/h1-4,9-18,20-26H,5-6,19H2/t9?,10?,11-,12?,13?,14?,15?,16-,17-,18-/m1/s1. The molecule has 2 heterocycles. The quantitative estimate of drug-likeness (QED) is 0.204. The Morgan fingerprint density at radius 1 is 0.733 bits per heavy atom. The molecule has 0 saturated carbocycles. The molecule has 2 fully saturated rings. The first-order chi connectivity index (χ1) is 14.3. The number of hydrogen-bond donors (Lipinski definition) is 8. The predicted molar refractivity (Wildman–Crippen MR) is 97.9 cm³/mol. The van der Waals surface area contributed by atoms with Gasteiger partial charge in [0.15, 0.2) is 6.29 Å². The minimum atomic E-state index is -1.73. The van der Waals surface area contributed by atoms with Gasteiger partial charge in [-0.3, -0.25) is 0 Å². The molecule has 2 aliphatic heterocycles. The van der Waals surface area contributed by atoms with Crippen molar-refractivity contribution in [2.24, 2.45) is 0 Å². The first-order valence-electron chi connectivity index (χ1n) is 9.37. The lowest BCUT2D eigenvalue weighted by Gasteiger charge is -2.45. The van der Waals surface area contributed by atoms with E-state index in [1.165, 1.54) is 12.1 Å². The number of rotatable bonds is 6. The number of nitrogen functional groups attached to an aromatic ring is 1. The molecule has 0 amide bonds. The van der Waals surface area contributed by atoms with Gasteiger partial charge in [0.1, 0.15) is 54.6 Å². The number of hydrogen-bond acceptors (Lipinski definition) is 12. The van der Waals surface area contributed by atoms with Gasteiger partial charge in [-0.25, -0.2) is 0 Å². The lowest BCUT2D eigenvalue weighted by molar-refractivity contribution is -0.352. The fourth-order valence-corrected chi connectivity index (χ4v) is 3.33. The Bertz CT molecular complexity index is 673. The van der Waals surface area contributed by atoms with Crippen LogP contribution < -0.4 is 10.5 Å². The number of aliphatic hydroxyl groups is 7. The minimum absolute atomic E-state index is 0.297. The van der Waals surface area contributed by atoms with Crippen LogP contribution in [0, 0.1) is 0 Å². The molecular weight excluding hydrogens is 406 g/mol. The summed E-state index contributed by atoms with van der Waals surface area (Å²) in [7, 11) is 0. The Hall–Kier alpha value is -1.58. The summed E-state index contributed by atoms with van der Waals surface area (Å²) in [5, 5.41) is 69.7. The van der Waals surface area contributed by atoms with Gasteiger partial charge in [-0.2, -0.15) is 0 Å². The predicted octanol–water partition coefficient (Wildman–Crippen LogP) is -3.73. The van der Waals surface area contributed by atoms with E-state index in [1.807, 2.05) is 0 Å². The highest BCUT2D eigenvalue weighted by atomic mass is 16.7. The highest BCUT2D eigenvalue weighted by Gasteiger charge is 2.51. The first kappa shape index (κ1) is 23.1. The van der Waals surface area contributed by atoms with Crippen LogP contribution in [0.15, 0.2) is 24.3 Å². The van der Waals surface area contributed by atoms with Crippen molar-refractivity contribution in [3.8, 4) is 5.75 Å². The third kappa shape index (κ3) is 4.68. The van der Waals surface area contributed by atoms with Gasteiger partial charge in [0.25, 0.3) is 0 Å². The van der Waals surface area contributed by atoms with Crippen molar-refractivity contribution in [1.29, 1.82) is 0 Å². The molecule has 2 aliphatic rings. The molecule has 12 nitrogen and oxygen atoms in total. The zero-order valence-corrected chi connectivity index (χ0v) is 15.8. The Morgan fingerprint density at radius 3 is 1.90 bits per heavy atom. The van der Waals surface area contributed by atoms with E-state index in [0.29, 0.717) is 11.4 Å². The summed E-state index contributed by atoms with van der Waals surface area (Å²) in [6.07, 6.45) is -15.0. The molecule has 1 aromatic rings. The van der Waals surface area contributed by atoms with Crippen molar-refractivity contribution in [3.05, 3.63) is 24.3 Å². The van der Waals surface area contributed by atoms with Crippen molar-refractivity contribution in [2.75, 3.05) is 18.9 Å². The molecule has 0 bridgehead atoms. The summed E-state index contributed by atoms with van der Waals surface area (Å²) in [5.74, 6) is 0.297. The molecule has 12 heteroatoms. The molecule has 0 aromatic heterocycles. The summed E-state index contributed by atoms with van der Waals surface area (Å²) in [6, 6.07) is 6.19. The first-order valence-corrected chi connectivity index (χ1v) is 9.37. The monoisotopic (exact) mass is 433 g/mol. The fraction of sp³-hybridized carbons (Fsp3) is 0.667. The smallest absolute Gasteiger partial charge is 0.229 e. The maximum absolute atomic E-state index is 10.5. The molecule has 1 aromatic carbocycles. The van der Waals surface area contributed by atoms with Crippen LogP contribution in [0.5, 0.6) is 5.75 Å². The van der Waals surface area contributed by atoms with Gasteiger partial charge in [0.05, 0.1) is 13.2 Å². The molecule has 0 radical (unpaired) electrons. The summed E-state index contributed by atoms with van der Waals surface area (Å²) < 4.78 is 21.7. The summed E-state index contributed by atoms with van der Waals surface area (Å²) in [5.41, 5.74) is 6.10. The van der Waals surface area contributed by atoms with Gasteiger partial charge in [0.2, 0.25) is 6.29 Å². The molecular formula is C18H27NO11. The molecule has 30 heavy (non-hydrogen) atoms. The molecule has 0 aliphatic carbocycles. The summed E-state index contributed by atoms with van der Waals surface area (Å²) >= 11 is 0. The largest absolute Gasteiger partial charge is 0.462 e. The second kappa shape index (κ2) is 9.70. The van der Waals surface area contributed by atoms with Gasteiger partial charge < -0.3 is 60.4 Å². The van der Waals surface area contributed by atoms with Crippen molar-refractivity contribution >= 4 is 5.69 Å². The third-order valence-electron chi connectivity index (χ3n) is 5.09. The Kier molecular flexibility index (Phi) is 7.47. The molecule has 10 atom stereocenters. The normalized spacial score (nSPS) is 42.1. The van der Waals surface area contributed by atoms with Crippen LogP contribution in [-0.2, 0) is 14.2 Å². The summed E-state index contributed by atoms with van der Waals surface area (Å²) in [6.45, 7) is -1.31. The molecule has 6 unspecified atom stereocenters. The highest BCUT2D eigenvalue weighted by Crippen LogP contribution is 2.30. The molecule has 3 rings (SSSR count). The highest BCUT2D eigenvalue weighted by molar-refractivity contribution is 5.41. The van der Waals surface area contributed by atoms with E-state index in [9.17, 15) is 35.7 Å². The van der Waals surface area contributed by atoms with Crippen LogP contribution in [0.3, 0.4) is 0 Å². The van der Waals surface area contributed by atoms with Gasteiger partial charge in [-0.15, -0.1) is 0 Å². The van der Waals surface area contributed by atoms with E-state index in [0.717, 1.165) is 0 Å². The topological polar surface area (TPSA) is 205 Å². The Balaban J connectivity index is 1.71. The van der Waals surface area contributed by atoms with Crippen molar-refractivity contribution in [3.63, 3.8) is 0 Å². The SMILES string of the molecule is Nc1ccc(O[C@@H]2OC(CO)[C@@H](O[C@H]3OC(CO)[C@@H](O)C(O)C3O)C(O)C2O)cc1. The van der Waals surface area contributed by atoms with Crippen molar-refractivity contribution < 1.29 is 54.7 Å². The van der Waals surface area contributed by atoms with E-state index in [1.54, 1.807) is 12.1 Å². The minimum Gasteiger partial charge on any atom is -0.462 e. The van der Waals surface area contributed by atoms with Crippen molar-refractivity contribution in [1.82, 2.24) is 0 Å². The average Bonchev–Trinajstić information content (AvgIpc) is 2.74. The maximum Gasteiger partial charge on any atom is 0.229 e. The number of nitrogens with two attached hydrogens (primary N) is 1. The second-order valence-electron chi connectivity index (χ2n) is 7.19. The van der Waals surface area contributed by atoms with E-state index in [-0.39, 0.29) is 0 Å². The van der Waals surface area contributed by atoms with Crippen LogP contribution in [0.25, 0.3) is 0 Å². The van der Waals surface area contributed by atoms with Gasteiger partial charge in [-0.05, 0) is 24.3 Å². The third-order valence-corrected chi connectivity index (χ3v) is 5.09.